The molecule has 9 heteroatoms. The van der Waals surface area contributed by atoms with E-state index >= 15 is 0 Å². The first-order valence-electron chi connectivity index (χ1n) is 7.19. The summed E-state index contributed by atoms with van der Waals surface area (Å²) in [7, 11) is 1.50. The molecule has 2 aromatic rings. The maximum absolute atomic E-state index is 14.5. The number of hydrazine groups is 2. The van der Waals surface area contributed by atoms with Gasteiger partial charge < -0.3 is 10.7 Å². The van der Waals surface area contributed by atoms with E-state index in [0.29, 0.717) is 10.9 Å². The van der Waals surface area contributed by atoms with E-state index in [1.807, 2.05) is 13.0 Å². The molecule has 0 spiro atoms. The summed E-state index contributed by atoms with van der Waals surface area (Å²) in [5.41, 5.74) is 3.76. The fraction of sp³-hybridized carbons (Fsp3) is 0.125. The minimum absolute atomic E-state index is 0.0336. The summed E-state index contributed by atoms with van der Waals surface area (Å²) >= 11 is 2.14. The molecule has 2 aromatic carbocycles. The van der Waals surface area contributed by atoms with Crippen molar-refractivity contribution in [1.82, 2.24) is 15.7 Å². The van der Waals surface area contributed by atoms with Crippen LogP contribution >= 0.6 is 22.6 Å². The van der Waals surface area contributed by atoms with Gasteiger partial charge in [0, 0.05) is 28.1 Å². The monoisotopic (exact) mass is 462 g/mol. The number of anilines is 2. The Morgan fingerprint density at radius 2 is 1.88 bits per heavy atom. The molecule has 0 aromatic heterocycles. The van der Waals surface area contributed by atoms with E-state index in [2.05, 4.69) is 33.3 Å². The lowest BCUT2D eigenvalue weighted by Gasteiger charge is -2.23. The molecule has 3 rings (SSSR count). The summed E-state index contributed by atoms with van der Waals surface area (Å²) in [6, 6.07) is 6.21. The average molecular weight is 462 g/mol. The zero-order valence-corrected chi connectivity index (χ0v) is 15.4. The first-order valence-corrected chi connectivity index (χ1v) is 8.27. The molecular weight excluding hydrogens is 448 g/mol. The lowest BCUT2D eigenvalue weighted by atomic mass is 10.1. The van der Waals surface area contributed by atoms with E-state index in [1.54, 1.807) is 12.1 Å². The predicted octanol–water partition coefficient (Wildman–Crippen LogP) is 4.12. The van der Waals surface area contributed by atoms with Gasteiger partial charge >= 0.3 is 0 Å². The maximum Gasteiger partial charge on any atom is 0.196 e. The van der Waals surface area contributed by atoms with E-state index in [9.17, 15) is 18.4 Å². The Morgan fingerprint density at radius 1 is 1.16 bits per heavy atom. The lowest BCUT2D eigenvalue weighted by molar-refractivity contribution is -0.187. The number of nitrogens with one attached hydrogen (secondary N) is 2. The maximum atomic E-state index is 14.5. The van der Waals surface area contributed by atoms with Crippen LogP contribution in [0, 0.1) is 27.9 Å². The molecule has 0 aliphatic carbocycles. The second-order valence-electron chi connectivity index (χ2n) is 5.46. The van der Waals surface area contributed by atoms with Crippen molar-refractivity contribution >= 4 is 39.7 Å². The largest absolute Gasteiger partial charge is 0.352 e. The number of aryl methyl sites for hydroxylation is 1. The Kier molecular flexibility index (Phi) is 4.80. The summed E-state index contributed by atoms with van der Waals surface area (Å²) in [6.45, 7) is 1.81. The fourth-order valence-electron chi connectivity index (χ4n) is 2.44. The van der Waals surface area contributed by atoms with Gasteiger partial charge in [-0.1, -0.05) is 0 Å². The number of halogens is 4. The summed E-state index contributed by atoms with van der Waals surface area (Å²) in [5, 5.41) is 14.7. The van der Waals surface area contributed by atoms with Gasteiger partial charge in [-0.15, -0.1) is 5.12 Å². The van der Waals surface area contributed by atoms with E-state index in [0.717, 1.165) is 15.2 Å². The van der Waals surface area contributed by atoms with Crippen LogP contribution < -0.4 is 10.7 Å². The third kappa shape index (κ3) is 3.26. The summed E-state index contributed by atoms with van der Waals surface area (Å²) in [4.78, 5) is 0. The number of benzene rings is 2. The Bertz CT molecular complexity index is 875. The molecule has 3 N–H and O–H groups in total. The molecule has 132 valence electrons. The van der Waals surface area contributed by atoms with Gasteiger partial charge in [-0.3, -0.25) is 5.21 Å². The van der Waals surface area contributed by atoms with Gasteiger partial charge in [0.05, 0.1) is 5.69 Å². The topological polar surface area (TPSA) is 50.8 Å². The van der Waals surface area contributed by atoms with E-state index in [-0.39, 0.29) is 16.9 Å². The second kappa shape index (κ2) is 6.73. The minimum Gasteiger partial charge on any atom is -0.352 e. The van der Waals surface area contributed by atoms with Gasteiger partial charge in [0.1, 0.15) is 5.70 Å². The standard InChI is InChI=1S/C16H14F3IN4O/c1-8-5-9(20)3-4-12(8)22-16-10(6-11(17)14(18)15(16)19)13-7-21-23(2)24(13)25/h3-7,21-22,25H,1-2H3. The lowest BCUT2D eigenvalue weighted by Crippen LogP contribution is -2.36. The van der Waals surface area contributed by atoms with E-state index in [1.165, 1.54) is 18.4 Å². The number of hydroxylamine groups is 1. The number of hydrogen-bond acceptors (Lipinski definition) is 5. The Labute approximate surface area is 155 Å². The van der Waals surface area contributed by atoms with Gasteiger partial charge in [-0.2, -0.15) is 5.17 Å². The number of rotatable bonds is 3. The third-order valence-electron chi connectivity index (χ3n) is 3.77. The van der Waals surface area contributed by atoms with Crippen LogP contribution in [0.2, 0.25) is 0 Å². The fourth-order valence-corrected chi connectivity index (χ4v) is 3.08. The Balaban J connectivity index is 2.13. The molecule has 0 bridgehead atoms. The SMILES string of the molecule is Cc1cc(I)ccc1Nc1c(C2=CNN(C)N2O)cc(F)c(F)c1F. The number of hydrogen-bond donors (Lipinski definition) is 3. The van der Waals surface area contributed by atoms with E-state index < -0.39 is 17.5 Å². The highest BCUT2D eigenvalue weighted by atomic mass is 127. The van der Waals surface area contributed by atoms with Crippen molar-refractivity contribution in [3.05, 3.63) is 62.6 Å². The zero-order chi connectivity index (χ0) is 18.3. The normalized spacial score (nSPS) is 14.5. The van der Waals surface area contributed by atoms with Gasteiger partial charge in [0.15, 0.2) is 17.5 Å². The first kappa shape index (κ1) is 17.8. The van der Waals surface area contributed by atoms with Crippen LogP contribution in [-0.4, -0.2) is 22.5 Å². The van der Waals surface area contributed by atoms with Crippen molar-refractivity contribution in [3.8, 4) is 0 Å². The highest BCUT2D eigenvalue weighted by molar-refractivity contribution is 14.1. The van der Waals surface area contributed by atoms with Crippen LogP contribution in [-0.2, 0) is 0 Å². The van der Waals surface area contributed by atoms with Crippen LogP contribution in [0.25, 0.3) is 5.70 Å². The molecule has 0 saturated heterocycles. The van der Waals surface area contributed by atoms with Crippen molar-refractivity contribution in [3.63, 3.8) is 0 Å². The van der Waals surface area contributed by atoms with Crippen molar-refractivity contribution in [2.75, 3.05) is 12.4 Å². The van der Waals surface area contributed by atoms with Crippen molar-refractivity contribution < 1.29 is 18.4 Å². The average Bonchev–Trinajstić information content (AvgIpc) is 2.89. The van der Waals surface area contributed by atoms with Crippen molar-refractivity contribution in [2.45, 2.75) is 6.92 Å². The molecule has 5 nitrogen and oxygen atoms in total. The van der Waals surface area contributed by atoms with Gasteiger partial charge in [0.25, 0.3) is 0 Å². The Hall–Kier alpha value is -1.98. The highest BCUT2D eigenvalue weighted by Crippen LogP contribution is 2.35. The smallest absolute Gasteiger partial charge is 0.196 e. The first-order chi connectivity index (χ1) is 11.8. The Morgan fingerprint density at radius 3 is 2.48 bits per heavy atom. The molecule has 0 unspecified atom stereocenters. The molecule has 1 aliphatic rings. The molecular formula is C16H14F3IN4O. The van der Waals surface area contributed by atoms with Crippen LogP contribution in [0.5, 0.6) is 0 Å². The molecule has 0 radical (unpaired) electrons. The van der Waals surface area contributed by atoms with Gasteiger partial charge in [-0.25, -0.2) is 13.2 Å². The number of nitrogens with zero attached hydrogens (tertiary/aromatic N) is 2. The summed E-state index contributed by atoms with van der Waals surface area (Å²) in [5.74, 6) is -4.29. The van der Waals surface area contributed by atoms with Crippen molar-refractivity contribution in [2.24, 2.45) is 0 Å². The molecule has 0 amide bonds. The molecule has 25 heavy (non-hydrogen) atoms. The third-order valence-corrected chi connectivity index (χ3v) is 4.45. The van der Waals surface area contributed by atoms with E-state index in [4.69, 9.17) is 0 Å². The molecule has 0 atom stereocenters. The van der Waals surface area contributed by atoms with Crippen LogP contribution in [0.15, 0.2) is 30.5 Å². The molecule has 0 fully saturated rings. The summed E-state index contributed by atoms with van der Waals surface area (Å²) in [6.07, 6.45) is 1.35. The molecule has 1 heterocycles. The predicted molar refractivity (Wildman–Crippen MR) is 96.0 cm³/mol. The van der Waals surface area contributed by atoms with Crippen molar-refractivity contribution in [1.29, 1.82) is 0 Å². The second-order valence-corrected chi connectivity index (χ2v) is 6.71. The van der Waals surface area contributed by atoms with Crippen LogP contribution in [0.4, 0.5) is 24.5 Å². The van der Waals surface area contributed by atoms with Crippen LogP contribution in [0.3, 0.4) is 0 Å². The van der Waals surface area contributed by atoms with Gasteiger partial charge in [-0.05, 0) is 59.3 Å². The van der Waals surface area contributed by atoms with Gasteiger partial charge in [0.2, 0.25) is 0 Å². The van der Waals surface area contributed by atoms with Crippen LogP contribution in [0.1, 0.15) is 11.1 Å². The summed E-state index contributed by atoms with van der Waals surface area (Å²) < 4.78 is 43.0. The molecule has 1 aliphatic heterocycles. The zero-order valence-electron chi connectivity index (χ0n) is 13.2. The minimum atomic E-state index is -1.58. The molecule has 0 saturated carbocycles. The highest BCUT2D eigenvalue weighted by Gasteiger charge is 2.27. The quantitative estimate of drug-likeness (QED) is 0.474.